The first kappa shape index (κ1) is 15.4. The van der Waals surface area contributed by atoms with Gasteiger partial charge in [-0.2, -0.15) is 0 Å². The number of amides is 1. The van der Waals surface area contributed by atoms with Crippen molar-refractivity contribution in [1.82, 2.24) is 4.90 Å². The summed E-state index contributed by atoms with van der Waals surface area (Å²) in [4.78, 5) is 25.7. The number of nitrogens with zero attached hydrogens (tertiary/aromatic N) is 1. The Labute approximate surface area is 124 Å². The molecule has 5 nitrogen and oxygen atoms in total. The van der Waals surface area contributed by atoms with Gasteiger partial charge in [0.15, 0.2) is 0 Å². The zero-order valence-electron chi connectivity index (χ0n) is 12.2. The minimum atomic E-state index is -0.404. The maximum absolute atomic E-state index is 12.7. The van der Waals surface area contributed by atoms with Crippen molar-refractivity contribution in [1.29, 1.82) is 0 Å². The highest BCUT2D eigenvalue weighted by Gasteiger charge is 2.30. The number of rotatable bonds is 3. The third-order valence-corrected chi connectivity index (χ3v) is 3.90. The number of benzene rings is 1. The van der Waals surface area contributed by atoms with Crippen LogP contribution in [-0.4, -0.2) is 39.4 Å². The largest absolute Gasteiger partial charge is 0.507 e. The zero-order valence-corrected chi connectivity index (χ0v) is 12.2. The second-order valence-electron chi connectivity index (χ2n) is 5.58. The van der Waals surface area contributed by atoms with Gasteiger partial charge in [-0.1, -0.05) is 18.9 Å². The lowest BCUT2D eigenvalue weighted by molar-refractivity contribution is -0.118. The van der Waals surface area contributed by atoms with E-state index in [1.807, 2.05) is 0 Å². The summed E-state index contributed by atoms with van der Waals surface area (Å²) in [6.45, 7) is 2.07. The Kier molecular flexibility index (Phi) is 4.83. The molecule has 1 saturated heterocycles. The minimum Gasteiger partial charge on any atom is -0.507 e. The summed E-state index contributed by atoms with van der Waals surface area (Å²) in [5.74, 6) is -0.823. The molecule has 1 amide bonds. The predicted octanol–water partition coefficient (Wildman–Crippen LogP) is 2.46. The average molecular weight is 291 g/mol. The summed E-state index contributed by atoms with van der Waals surface area (Å²) in [7, 11) is 0. The first-order chi connectivity index (χ1) is 10.0. The molecule has 1 fully saturated rings. The van der Waals surface area contributed by atoms with E-state index in [9.17, 15) is 19.8 Å². The van der Waals surface area contributed by atoms with Crippen molar-refractivity contribution in [3.63, 3.8) is 0 Å². The molecule has 21 heavy (non-hydrogen) atoms. The summed E-state index contributed by atoms with van der Waals surface area (Å²) in [5.41, 5.74) is -0.0760. The Morgan fingerprint density at radius 1 is 1.19 bits per heavy atom. The zero-order chi connectivity index (χ0) is 15.4. The second kappa shape index (κ2) is 6.61. The van der Waals surface area contributed by atoms with Crippen LogP contribution in [0.3, 0.4) is 0 Å². The van der Waals surface area contributed by atoms with Crippen molar-refractivity contribution in [3.8, 4) is 11.5 Å². The van der Waals surface area contributed by atoms with Crippen LogP contribution >= 0.6 is 0 Å². The van der Waals surface area contributed by atoms with Crippen LogP contribution in [0.25, 0.3) is 0 Å². The van der Waals surface area contributed by atoms with Crippen molar-refractivity contribution < 1.29 is 19.8 Å². The summed E-state index contributed by atoms with van der Waals surface area (Å²) >= 11 is 0. The number of ketones is 1. The third kappa shape index (κ3) is 3.54. The van der Waals surface area contributed by atoms with Gasteiger partial charge in [-0.3, -0.25) is 9.59 Å². The third-order valence-electron chi connectivity index (χ3n) is 3.90. The molecule has 0 spiro atoms. The number of carbonyl (C=O) groups is 2. The molecule has 1 heterocycles. The quantitative estimate of drug-likeness (QED) is 0.896. The molecule has 1 aliphatic heterocycles. The van der Waals surface area contributed by atoms with Gasteiger partial charge in [0.25, 0.3) is 5.91 Å². The second-order valence-corrected chi connectivity index (χ2v) is 5.58. The van der Waals surface area contributed by atoms with Gasteiger partial charge in [-0.05, 0) is 31.9 Å². The maximum atomic E-state index is 12.7. The molecule has 1 aliphatic rings. The van der Waals surface area contributed by atoms with Crippen molar-refractivity contribution in [3.05, 3.63) is 23.8 Å². The van der Waals surface area contributed by atoms with Crippen LogP contribution < -0.4 is 0 Å². The molecule has 2 N–H and O–H groups in total. The average Bonchev–Trinajstić information content (AvgIpc) is 2.63. The van der Waals surface area contributed by atoms with Crippen LogP contribution in [0.2, 0.25) is 0 Å². The van der Waals surface area contributed by atoms with Gasteiger partial charge >= 0.3 is 0 Å². The molecule has 1 aromatic rings. The number of hydrogen-bond donors (Lipinski definition) is 2. The maximum Gasteiger partial charge on any atom is 0.261 e. The standard InChI is InChI=1S/C16H21NO4/c1-11(18)10-12-6-3-2-4-9-17(12)16(21)15-13(19)7-5-8-14(15)20/h5,7-8,12,19-20H,2-4,6,9-10H2,1H3. The van der Waals surface area contributed by atoms with Crippen molar-refractivity contribution >= 4 is 11.7 Å². The van der Waals surface area contributed by atoms with Gasteiger partial charge in [0, 0.05) is 19.0 Å². The van der Waals surface area contributed by atoms with E-state index in [2.05, 4.69) is 0 Å². The van der Waals surface area contributed by atoms with Crippen molar-refractivity contribution in [2.45, 2.75) is 45.1 Å². The molecule has 2 rings (SSSR count). The van der Waals surface area contributed by atoms with Crippen LogP contribution in [0.15, 0.2) is 18.2 Å². The van der Waals surface area contributed by atoms with Gasteiger partial charge in [0.1, 0.15) is 22.8 Å². The van der Waals surface area contributed by atoms with Gasteiger partial charge < -0.3 is 15.1 Å². The molecular formula is C16H21NO4. The molecular weight excluding hydrogens is 270 g/mol. The number of Topliss-reactive ketones (excluding diaryl/α,β-unsaturated/α-hetero) is 1. The first-order valence-electron chi connectivity index (χ1n) is 7.32. The Balaban J connectivity index is 2.31. The van der Waals surface area contributed by atoms with E-state index in [1.165, 1.54) is 25.1 Å². The lowest BCUT2D eigenvalue weighted by Crippen LogP contribution is -2.41. The summed E-state index contributed by atoms with van der Waals surface area (Å²) in [6, 6.07) is 4.09. The molecule has 1 aromatic carbocycles. The molecule has 0 saturated carbocycles. The van der Waals surface area contributed by atoms with E-state index in [0.717, 1.165) is 25.7 Å². The lowest BCUT2D eigenvalue weighted by atomic mass is 10.0. The smallest absolute Gasteiger partial charge is 0.261 e. The van der Waals surface area contributed by atoms with E-state index < -0.39 is 5.91 Å². The van der Waals surface area contributed by atoms with Crippen molar-refractivity contribution in [2.75, 3.05) is 6.54 Å². The molecule has 5 heteroatoms. The van der Waals surface area contributed by atoms with E-state index >= 15 is 0 Å². The molecule has 1 atom stereocenters. The van der Waals surface area contributed by atoms with Gasteiger partial charge in [-0.25, -0.2) is 0 Å². The number of hydrogen-bond acceptors (Lipinski definition) is 4. The predicted molar refractivity (Wildman–Crippen MR) is 78.4 cm³/mol. The van der Waals surface area contributed by atoms with Gasteiger partial charge in [0.05, 0.1) is 0 Å². The van der Waals surface area contributed by atoms with Crippen LogP contribution in [0.4, 0.5) is 0 Å². The topological polar surface area (TPSA) is 77.8 Å². The van der Waals surface area contributed by atoms with Crippen LogP contribution in [-0.2, 0) is 4.79 Å². The monoisotopic (exact) mass is 291 g/mol. The first-order valence-corrected chi connectivity index (χ1v) is 7.32. The summed E-state index contributed by atoms with van der Waals surface area (Å²) < 4.78 is 0. The summed E-state index contributed by atoms with van der Waals surface area (Å²) in [6.07, 6.45) is 3.97. The summed E-state index contributed by atoms with van der Waals surface area (Å²) in [5, 5.41) is 19.7. The van der Waals surface area contributed by atoms with E-state index in [0.29, 0.717) is 13.0 Å². The molecule has 0 radical (unpaired) electrons. The Morgan fingerprint density at radius 3 is 2.48 bits per heavy atom. The number of phenolic OH excluding ortho intramolecular Hbond substituents is 2. The van der Waals surface area contributed by atoms with E-state index in [4.69, 9.17) is 0 Å². The fourth-order valence-electron chi connectivity index (χ4n) is 2.88. The van der Waals surface area contributed by atoms with E-state index in [-0.39, 0.29) is 28.9 Å². The van der Waals surface area contributed by atoms with Crippen LogP contribution in [0, 0.1) is 0 Å². The number of carbonyl (C=O) groups excluding carboxylic acids is 2. The van der Waals surface area contributed by atoms with Crippen LogP contribution in [0.5, 0.6) is 11.5 Å². The Morgan fingerprint density at radius 2 is 1.86 bits per heavy atom. The minimum absolute atomic E-state index is 0.0428. The molecule has 0 aromatic heterocycles. The molecule has 114 valence electrons. The number of phenols is 2. The van der Waals surface area contributed by atoms with Gasteiger partial charge in [0.2, 0.25) is 0 Å². The van der Waals surface area contributed by atoms with Crippen molar-refractivity contribution in [2.24, 2.45) is 0 Å². The fraction of sp³-hybridized carbons (Fsp3) is 0.500. The number of likely N-dealkylation sites (tertiary alicyclic amines) is 1. The highest BCUT2D eigenvalue weighted by molar-refractivity contribution is 5.99. The lowest BCUT2D eigenvalue weighted by Gasteiger charge is -2.30. The van der Waals surface area contributed by atoms with Crippen LogP contribution in [0.1, 0.15) is 49.4 Å². The normalized spacial score (nSPS) is 19.1. The molecule has 0 bridgehead atoms. The Bertz CT molecular complexity index is 521. The fourth-order valence-corrected chi connectivity index (χ4v) is 2.88. The Hall–Kier alpha value is -2.04. The number of aromatic hydroxyl groups is 2. The highest BCUT2D eigenvalue weighted by atomic mass is 16.3. The highest BCUT2D eigenvalue weighted by Crippen LogP contribution is 2.30. The molecule has 0 aliphatic carbocycles. The molecule has 1 unspecified atom stereocenters. The van der Waals surface area contributed by atoms with Gasteiger partial charge in [-0.15, -0.1) is 0 Å². The van der Waals surface area contributed by atoms with E-state index in [1.54, 1.807) is 4.90 Å². The SMILES string of the molecule is CC(=O)CC1CCCCCN1C(=O)c1c(O)cccc1O.